The van der Waals surface area contributed by atoms with Crippen molar-refractivity contribution in [3.63, 3.8) is 0 Å². The Balaban J connectivity index is 2.47. The normalized spacial score (nSPS) is 11.3. The second kappa shape index (κ2) is 3.13. The Morgan fingerprint density at radius 3 is 2.67 bits per heavy atom. The summed E-state index contributed by atoms with van der Waals surface area (Å²) in [7, 11) is 0. The summed E-state index contributed by atoms with van der Waals surface area (Å²) < 4.78 is 0. The van der Waals surface area contributed by atoms with Crippen LogP contribution in [0.4, 0.5) is 0 Å². The van der Waals surface area contributed by atoms with Crippen LogP contribution in [0.15, 0.2) is 42.5 Å². The Morgan fingerprint density at radius 1 is 1.00 bits per heavy atom. The minimum absolute atomic E-state index is 1.06. The number of hydrogen-bond donors (Lipinski definition) is 1. The summed E-state index contributed by atoms with van der Waals surface area (Å²) in [6.45, 7) is 2.17. The van der Waals surface area contributed by atoms with Gasteiger partial charge < -0.3 is 4.98 Å². The fourth-order valence-electron chi connectivity index (χ4n) is 2.12. The van der Waals surface area contributed by atoms with Gasteiger partial charge in [-0.15, -0.1) is 0 Å². The number of aromatic amines is 1. The zero-order chi connectivity index (χ0) is 10.3. The molecule has 1 aromatic heterocycles. The predicted octanol–water partition coefficient (Wildman–Crippen LogP) is 3.88. The van der Waals surface area contributed by atoms with Crippen LogP contribution in [0.2, 0.25) is 0 Å². The van der Waals surface area contributed by atoms with Gasteiger partial charge in [-0.3, -0.25) is 0 Å². The molecular formula is C14H13N. The molecule has 3 rings (SSSR count). The van der Waals surface area contributed by atoms with Crippen molar-refractivity contribution in [1.29, 1.82) is 0 Å². The molecule has 0 unspecified atom stereocenters. The van der Waals surface area contributed by atoms with Crippen LogP contribution in [0.5, 0.6) is 0 Å². The van der Waals surface area contributed by atoms with E-state index in [0.29, 0.717) is 0 Å². The molecule has 2 aromatic carbocycles. The average molecular weight is 195 g/mol. The molecule has 0 saturated heterocycles. The molecule has 0 aliphatic carbocycles. The van der Waals surface area contributed by atoms with Gasteiger partial charge in [-0.05, 0) is 17.9 Å². The standard InChI is InChI=1S/C14H13N/c1-2-12-9-11-8-7-10-5-3-4-6-13(10)14(11)15-12/h3-9,15H,2H2,1H3. The summed E-state index contributed by atoms with van der Waals surface area (Å²) in [4.78, 5) is 3.49. The molecule has 0 fully saturated rings. The Labute approximate surface area is 88.7 Å². The van der Waals surface area contributed by atoms with E-state index in [1.54, 1.807) is 0 Å². The van der Waals surface area contributed by atoms with Gasteiger partial charge in [-0.1, -0.05) is 43.3 Å². The molecule has 1 heterocycles. The highest BCUT2D eigenvalue weighted by molar-refractivity contribution is 6.05. The maximum Gasteiger partial charge on any atom is 0.0535 e. The molecule has 15 heavy (non-hydrogen) atoms. The maximum absolute atomic E-state index is 3.49. The molecule has 0 radical (unpaired) electrons. The van der Waals surface area contributed by atoms with Gasteiger partial charge in [-0.25, -0.2) is 0 Å². The Kier molecular flexibility index (Phi) is 1.78. The molecule has 0 aliphatic heterocycles. The van der Waals surface area contributed by atoms with E-state index in [1.165, 1.54) is 27.4 Å². The molecule has 1 N–H and O–H groups in total. The lowest BCUT2D eigenvalue weighted by atomic mass is 10.1. The van der Waals surface area contributed by atoms with Crippen LogP contribution < -0.4 is 0 Å². The molecule has 1 heteroatoms. The van der Waals surface area contributed by atoms with Crippen LogP contribution in [-0.4, -0.2) is 4.98 Å². The molecule has 0 bridgehead atoms. The van der Waals surface area contributed by atoms with Crippen molar-refractivity contribution in [1.82, 2.24) is 4.98 Å². The first-order chi connectivity index (χ1) is 7.38. The van der Waals surface area contributed by atoms with Crippen LogP contribution >= 0.6 is 0 Å². The first-order valence-electron chi connectivity index (χ1n) is 5.38. The third-order valence-corrected chi connectivity index (χ3v) is 2.96. The Morgan fingerprint density at radius 2 is 1.80 bits per heavy atom. The van der Waals surface area contributed by atoms with E-state index in [2.05, 4.69) is 54.4 Å². The van der Waals surface area contributed by atoms with Crippen molar-refractivity contribution in [3.05, 3.63) is 48.2 Å². The highest BCUT2D eigenvalue weighted by Crippen LogP contribution is 2.25. The van der Waals surface area contributed by atoms with Crippen molar-refractivity contribution >= 4 is 21.7 Å². The van der Waals surface area contributed by atoms with E-state index in [-0.39, 0.29) is 0 Å². The summed E-state index contributed by atoms with van der Waals surface area (Å²) in [6, 6.07) is 15.1. The molecule has 0 saturated carbocycles. The lowest BCUT2D eigenvalue weighted by Gasteiger charge is -1.98. The van der Waals surface area contributed by atoms with Gasteiger partial charge in [0.1, 0.15) is 0 Å². The summed E-state index contributed by atoms with van der Waals surface area (Å²) in [5, 5.41) is 3.93. The molecule has 74 valence electrons. The Hall–Kier alpha value is -1.76. The number of fused-ring (bicyclic) bond motifs is 3. The van der Waals surface area contributed by atoms with Crippen molar-refractivity contribution in [2.45, 2.75) is 13.3 Å². The van der Waals surface area contributed by atoms with Crippen molar-refractivity contribution < 1.29 is 0 Å². The van der Waals surface area contributed by atoms with E-state index in [1.807, 2.05) is 0 Å². The second-order valence-corrected chi connectivity index (χ2v) is 3.90. The van der Waals surface area contributed by atoms with Gasteiger partial charge in [0, 0.05) is 16.5 Å². The van der Waals surface area contributed by atoms with E-state index < -0.39 is 0 Å². The highest BCUT2D eigenvalue weighted by atomic mass is 14.7. The van der Waals surface area contributed by atoms with E-state index in [0.717, 1.165) is 6.42 Å². The molecule has 0 spiro atoms. The summed E-state index contributed by atoms with van der Waals surface area (Å²) in [5.41, 5.74) is 2.58. The summed E-state index contributed by atoms with van der Waals surface area (Å²) in [6.07, 6.45) is 1.06. The number of hydrogen-bond acceptors (Lipinski definition) is 0. The second-order valence-electron chi connectivity index (χ2n) is 3.90. The van der Waals surface area contributed by atoms with E-state index in [9.17, 15) is 0 Å². The largest absolute Gasteiger partial charge is 0.358 e. The fraction of sp³-hybridized carbons (Fsp3) is 0.143. The number of H-pyrrole nitrogens is 1. The minimum Gasteiger partial charge on any atom is -0.358 e. The monoisotopic (exact) mass is 195 g/mol. The molecule has 0 amide bonds. The zero-order valence-electron chi connectivity index (χ0n) is 8.75. The summed E-state index contributed by atoms with van der Waals surface area (Å²) in [5.74, 6) is 0. The van der Waals surface area contributed by atoms with Crippen molar-refractivity contribution in [2.75, 3.05) is 0 Å². The quantitative estimate of drug-likeness (QED) is 0.606. The number of aromatic nitrogens is 1. The molecule has 1 nitrogen and oxygen atoms in total. The summed E-state index contributed by atoms with van der Waals surface area (Å²) >= 11 is 0. The number of aryl methyl sites for hydroxylation is 1. The minimum atomic E-state index is 1.06. The van der Waals surface area contributed by atoms with Crippen LogP contribution in [0.3, 0.4) is 0 Å². The number of benzene rings is 2. The van der Waals surface area contributed by atoms with Crippen LogP contribution in [0.25, 0.3) is 21.7 Å². The SMILES string of the molecule is CCc1cc2ccc3ccccc3c2[nH]1. The van der Waals surface area contributed by atoms with E-state index >= 15 is 0 Å². The third-order valence-electron chi connectivity index (χ3n) is 2.96. The van der Waals surface area contributed by atoms with Gasteiger partial charge in [0.15, 0.2) is 0 Å². The number of nitrogens with one attached hydrogen (secondary N) is 1. The van der Waals surface area contributed by atoms with E-state index in [4.69, 9.17) is 0 Å². The molecule has 0 aliphatic rings. The zero-order valence-corrected chi connectivity index (χ0v) is 8.75. The van der Waals surface area contributed by atoms with Crippen molar-refractivity contribution in [3.8, 4) is 0 Å². The van der Waals surface area contributed by atoms with Crippen molar-refractivity contribution in [2.24, 2.45) is 0 Å². The third kappa shape index (κ3) is 1.23. The topological polar surface area (TPSA) is 15.8 Å². The van der Waals surface area contributed by atoms with Crippen LogP contribution in [0, 0.1) is 0 Å². The lowest BCUT2D eigenvalue weighted by Crippen LogP contribution is -1.77. The first kappa shape index (κ1) is 8.54. The molecule has 0 atom stereocenters. The molecule has 3 aromatic rings. The van der Waals surface area contributed by atoms with Gasteiger partial charge in [0.05, 0.1) is 5.52 Å². The Bertz CT molecular complexity index is 619. The highest BCUT2D eigenvalue weighted by Gasteiger charge is 2.02. The average Bonchev–Trinajstić information content (AvgIpc) is 2.72. The maximum atomic E-state index is 3.49. The molecular weight excluding hydrogens is 182 g/mol. The number of rotatable bonds is 1. The van der Waals surface area contributed by atoms with Crippen LogP contribution in [-0.2, 0) is 6.42 Å². The fourth-order valence-corrected chi connectivity index (χ4v) is 2.12. The van der Waals surface area contributed by atoms with Gasteiger partial charge in [0.2, 0.25) is 0 Å². The lowest BCUT2D eigenvalue weighted by molar-refractivity contribution is 1.08. The predicted molar refractivity (Wildman–Crippen MR) is 65.2 cm³/mol. The van der Waals surface area contributed by atoms with Gasteiger partial charge in [0.25, 0.3) is 0 Å². The van der Waals surface area contributed by atoms with Gasteiger partial charge >= 0.3 is 0 Å². The smallest absolute Gasteiger partial charge is 0.0535 e. The van der Waals surface area contributed by atoms with Gasteiger partial charge in [-0.2, -0.15) is 0 Å². The first-order valence-corrected chi connectivity index (χ1v) is 5.38. The van der Waals surface area contributed by atoms with Crippen LogP contribution in [0.1, 0.15) is 12.6 Å².